The van der Waals surface area contributed by atoms with Crippen LogP contribution in [-0.4, -0.2) is 45.2 Å². The summed E-state index contributed by atoms with van der Waals surface area (Å²) in [4.78, 5) is 39.8. The minimum atomic E-state index is -1.12. The zero-order chi connectivity index (χ0) is 12.8. The van der Waals surface area contributed by atoms with E-state index in [4.69, 9.17) is 10.2 Å². The Balaban J connectivity index is 0.00000289. The number of aliphatic carboxylic acids is 2. The minimum absolute atomic E-state index is 0. The number of nitrogens with one attached hydrogen (secondary N) is 4. The maximum absolute atomic E-state index is 11.1. The van der Waals surface area contributed by atoms with Gasteiger partial charge >= 0.3 is 29.5 Å². The third-order valence-corrected chi connectivity index (χ3v) is 1.50. The van der Waals surface area contributed by atoms with Gasteiger partial charge in [-0.2, -0.15) is 0 Å². The first-order valence-corrected chi connectivity index (χ1v) is 4.42. The van der Waals surface area contributed by atoms with Crippen molar-refractivity contribution >= 4 is 23.8 Å². The molecule has 0 amide bonds. The fraction of sp³-hybridized carbons (Fsp3) is 0.286. The molecule has 0 aliphatic carbocycles. The van der Waals surface area contributed by atoms with E-state index in [1.165, 1.54) is 0 Å². The molecule has 0 aromatic carbocycles. The van der Waals surface area contributed by atoms with Gasteiger partial charge in [-0.3, -0.25) is 10.1 Å². The maximum atomic E-state index is 11.1. The van der Waals surface area contributed by atoms with Gasteiger partial charge in [0, 0.05) is 0 Å². The second kappa shape index (κ2) is 7.06. The van der Waals surface area contributed by atoms with Gasteiger partial charge in [0.15, 0.2) is 0 Å². The number of carboxylic acid groups (broad SMARTS) is 2. The molecule has 0 atom stereocenters. The largest absolute Gasteiger partial charge is 1.00 e. The van der Waals surface area contributed by atoms with E-state index in [2.05, 4.69) is 25.6 Å². The monoisotopic (exact) mass is 279 g/mol. The van der Waals surface area contributed by atoms with E-state index in [1.54, 1.807) is 0 Å². The molecule has 18 heavy (non-hydrogen) atoms. The molecule has 0 saturated carbocycles. The minimum Gasteiger partial charge on any atom is -1.00 e. The molecule has 0 aliphatic heterocycles. The molecule has 0 unspecified atom stereocenters. The van der Waals surface area contributed by atoms with Gasteiger partial charge in [-0.05, 0) is 0 Å². The lowest BCUT2D eigenvalue weighted by Gasteiger charge is -1.99. The first kappa shape index (κ1) is 15.6. The van der Waals surface area contributed by atoms with E-state index in [9.17, 15) is 14.4 Å². The van der Waals surface area contributed by atoms with Gasteiger partial charge in [0.1, 0.15) is 13.1 Å². The highest BCUT2D eigenvalue weighted by Crippen LogP contribution is 1.95. The Hall–Kier alpha value is -2.36. The van der Waals surface area contributed by atoms with Gasteiger partial charge in [0.25, 0.3) is 0 Å². The molecule has 0 radical (unpaired) electrons. The highest BCUT2D eigenvalue weighted by atomic mass is 35.5. The normalized spacial score (nSPS) is 9.11. The summed E-state index contributed by atoms with van der Waals surface area (Å²) in [6.45, 7) is -0.851. The predicted octanol–water partition coefficient (Wildman–Crippen LogP) is -5.42. The number of nitrogens with zero attached hydrogens (tertiary/aromatic N) is 1. The van der Waals surface area contributed by atoms with E-state index in [1.807, 2.05) is 0 Å². The van der Waals surface area contributed by atoms with Crippen LogP contribution in [0.4, 0.5) is 11.9 Å². The molecular formula is C7H10ClN5O5. The Labute approximate surface area is 106 Å². The molecule has 0 aliphatic rings. The molecule has 11 heteroatoms. The van der Waals surface area contributed by atoms with Crippen LogP contribution < -0.4 is 33.7 Å². The maximum Gasteiger partial charge on any atom is 0.415 e. The third-order valence-electron chi connectivity index (χ3n) is 1.50. The number of anilines is 2. The van der Waals surface area contributed by atoms with Crippen molar-refractivity contribution in [3.05, 3.63) is 10.5 Å². The van der Waals surface area contributed by atoms with E-state index < -0.39 is 30.7 Å². The van der Waals surface area contributed by atoms with Crippen molar-refractivity contribution in [2.24, 2.45) is 0 Å². The Bertz CT molecular complexity index is 450. The summed E-state index contributed by atoms with van der Waals surface area (Å²) in [5, 5.41) is 21.5. The molecule has 0 spiro atoms. The molecule has 1 heterocycles. The van der Waals surface area contributed by atoms with Crippen LogP contribution in [0.5, 0.6) is 0 Å². The summed E-state index contributed by atoms with van der Waals surface area (Å²) in [7, 11) is 0. The first-order chi connectivity index (χ1) is 7.97. The van der Waals surface area contributed by atoms with Crippen LogP contribution in [0.2, 0.25) is 0 Å². The Morgan fingerprint density at radius 2 is 1.78 bits per heavy atom. The second-order valence-electron chi connectivity index (χ2n) is 2.88. The predicted molar refractivity (Wildman–Crippen MR) is 53.7 cm³/mol. The van der Waals surface area contributed by atoms with E-state index in [0.29, 0.717) is 0 Å². The van der Waals surface area contributed by atoms with E-state index in [-0.39, 0.29) is 24.3 Å². The Morgan fingerprint density at radius 1 is 1.22 bits per heavy atom. The van der Waals surface area contributed by atoms with Gasteiger partial charge < -0.3 is 27.9 Å². The van der Waals surface area contributed by atoms with Crippen molar-refractivity contribution in [1.82, 2.24) is 9.97 Å². The SMILES string of the molecule is O=C(O)CNc1nc(NCC(=O)O)[nH+]c(=O)[nH]1.[Cl-]. The number of aromatic amines is 2. The molecule has 1 aromatic heterocycles. The summed E-state index contributed by atoms with van der Waals surface area (Å²) in [6.07, 6.45) is 0. The Kier molecular flexibility index (Phi) is 6.14. The van der Waals surface area contributed by atoms with E-state index in [0.717, 1.165) is 0 Å². The molecule has 100 valence electrons. The molecule has 10 nitrogen and oxygen atoms in total. The fourth-order valence-corrected chi connectivity index (χ4v) is 0.900. The number of carbonyl (C=O) groups is 2. The average Bonchev–Trinajstić information content (AvgIpc) is 2.23. The highest BCUT2D eigenvalue weighted by molar-refractivity contribution is 5.72. The summed E-state index contributed by atoms with van der Waals surface area (Å²) in [5.74, 6) is -2.41. The molecule has 1 rings (SSSR count). The highest BCUT2D eigenvalue weighted by Gasteiger charge is 2.11. The van der Waals surface area contributed by atoms with E-state index >= 15 is 0 Å². The molecule has 0 bridgehead atoms. The smallest absolute Gasteiger partial charge is 0.415 e. The van der Waals surface area contributed by atoms with Gasteiger partial charge in [0.2, 0.25) is 0 Å². The van der Waals surface area contributed by atoms with Crippen molar-refractivity contribution in [3.8, 4) is 0 Å². The van der Waals surface area contributed by atoms with Crippen LogP contribution in [0.1, 0.15) is 0 Å². The lowest BCUT2D eigenvalue weighted by Crippen LogP contribution is -3.00. The quantitative estimate of drug-likeness (QED) is 0.345. The van der Waals surface area contributed by atoms with Crippen molar-refractivity contribution in [3.63, 3.8) is 0 Å². The van der Waals surface area contributed by atoms with Crippen molar-refractivity contribution in [2.75, 3.05) is 23.7 Å². The van der Waals surface area contributed by atoms with Crippen LogP contribution >= 0.6 is 0 Å². The number of H-pyrrole nitrogens is 2. The first-order valence-electron chi connectivity index (χ1n) is 4.42. The topological polar surface area (TPSA) is 159 Å². The van der Waals surface area contributed by atoms with Gasteiger partial charge in [-0.15, -0.1) is 0 Å². The average molecular weight is 280 g/mol. The summed E-state index contributed by atoms with van der Waals surface area (Å²) in [6, 6.07) is 0. The zero-order valence-electron chi connectivity index (χ0n) is 8.86. The van der Waals surface area contributed by atoms with Gasteiger partial charge in [-0.25, -0.2) is 19.6 Å². The second-order valence-corrected chi connectivity index (χ2v) is 2.88. The number of hydrogen-bond donors (Lipinski definition) is 5. The van der Waals surface area contributed by atoms with Gasteiger partial charge in [-0.1, -0.05) is 4.98 Å². The molecule has 0 saturated heterocycles. The molecule has 6 N–H and O–H groups in total. The zero-order valence-corrected chi connectivity index (χ0v) is 9.61. The standard InChI is InChI=1S/C7H9N5O5.ClH/c13-3(14)1-8-5-10-6(9-2-4(15)16)12-7(17)11-5;/h1-2H2,(H,13,14)(H,15,16)(H3,8,9,10,11,12,17);1H. The molecule has 1 aromatic rings. The van der Waals surface area contributed by atoms with Crippen molar-refractivity contribution in [1.29, 1.82) is 0 Å². The lowest BCUT2D eigenvalue weighted by atomic mass is 10.6. The number of halogens is 1. The molecular weight excluding hydrogens is 270 g/mol. The number of carboxylic acids is 2. The van der Waals surface area contributed by atoms with Crippen molar-refractivity contribution in [2.45, 2.75) is 0 Å². The summed E-state index contributed by atoms with van der Waals surface area (Å²) >= 11 is 0. The van der Waals surface area contributed by atoms with Crippen LogP contribution in [0.25, 0.3) is 0 Å². The van der Waals surface area contributed by atoms with Crippen LogP contribution in [-0.2, 0) is 9.59 Å². The fourth-order valence-electron chi connectivity index (χ4n) is 0.900. The van der Waals surface area contributed by atoms with Crippen LogP contribution in [0, 0.1) is 0 Å². The Morgan fingerprint density at radius 3 is 2.33 bits per heavy atom. The summed E-state index contributed by atoms with van der Waals surface area (Å²) < 4.78 is 0. The molecule has 0 fully saturated rings. The number of aromatic nitrogens is 3. The number of hydrogen-bond acceptors (Lipinski definition) is 6. The van der Waals surface area contributed by atoms with Crippen molar-refractivity contribution < 1.29 is 37.2 Å². The number of rotatable bonds is 6. The summed E-state index contributed by atoms with van der Waals surface area (Å²) in [5.41, 5.74) is -0.652. The van der Waals surface area contributed by atoms with Crippen LogP contribution in [0.15, 0.2) is 4.79 Å². The lowest BCUT2D eigenvalue weighted by molar-refractivity contribution is -0.389. The third kappa shape index (κ3) is 5.65. The van der Waals surface area contributed by atoms with Gasteiger partial charge in [0.05, 0.1) is 0 Å². The van der Waals surface area contributed by atoms with Crippen LogP contribution in [0.3, 0.4) is 0 Å².